The Labute approximate surface area is 107 Å². The van der Waals surface area contributed by atoms with E-state index in [1.807, 2.05) is 4.72 Å². The zero-order valence-electron chi connectivity index (χ0n) is 10.1. The molecule has 100 valence electrons. The largest absolute Gasteiger partial charge is 0.330 e. The number of nitrogens with one attached hydrogen (secondary N) is 2. The van der Waals surface area contributed by atoms with Crippen molar-refractivity contribution in [2.45, 2.75) is 11.3 Å². The van der Waals surface area contributed by atoms with Gasteiger partial charge in [0.2, 0.25) is 5.91 Å². The number of amides is 1. The average molecular weight is 271 g/mol. The Morgan fingerprint density at radius 3 is 2.39 bits per heavy atom. The van der Waals surface area contributed by atoms with Crippen molar-refractivity contribution in [2.75, 3.05) is 20.1 Å². The monoisotopic (exact) mass is 271 g/mol. The lowest BCUT2D eigenvalue weighted by atomic mass is 10.2. The second-order valence-corrected chi connectivity index (χ2v) is 5.42. The van der Waals surface area contributed by atoms with Gasteiger partial charge in [-0.2, -0.15) is 0 Å². The van der Waals surface area contributed by atoms with Gasteiger partial charge in [0.05, 0.1) is 11.4 Å². The predicted octanol–water partition coefficient (Wildman–Crippen LogP) is -0.788. The molecule has 0 aromatic heterocycles. The third-order valence-corrected chi connectivity index (χ3v) is 3.64. The molecule has 4 N–H and O–H groups in total. The summed E-state index contributed by atoms with van der Waals surface area (Å²) in [7, 11) is -2.22. The Hall–Kier alpha value is -1.44. The summed E-state index contributed by atoms with van der Waals surface area (Å²) in [6.45, 7) is 0.454. The van der Waals surface area contributed by atoms with E-state index in [2.05, 4.69) is 5.32 Å². The van der Waals surface area contributed by atoms with Crippen molar-refractivity contribution in [3.8, 4) is 0 Å². The van der Waals surface area contributed by atoms with E-state index < -0.39 is 15.9 Å². The highest BCUT2D eigenvalue weighted by atomic mass is 32.2. The summed E-state index contributed by atoms with van der Waals surface area (Å²) in [6, 6.07) is 6.29. The zero-order valence-corrected chi connectivity index (χ0v) is 11.0. The van der Waals surface area contributed by atoms with Crippen molar-refractivity contribution in [1.29, 1.82) is 0 Å². The molecule has 0 radical (unpaired) electrons. The molecule has 0 saturated carbocycles. The molecule has 1 aromatic carbocycles. The maximum absolute atomic E-state index is 11.8. The Morgan fingerprint density at radius 1 is 1.28 bits per heavy atom. The van der Waals surface area contributed by atoms with Crippen LogP contribution >= 0.6 is 0 Å². The van der Waals surface area contributed by atoms with E-state index >= 15 is 0 Å². The summed E-state index contributed by atoms with van der Waals surface area (Å²) in [4.78, 5) is 11.3. The molecule has 0 bridgehead atoms. The number of hydrogen-bond donors (Lipinski definition) is 3. The third-order valence-electron chi connectivity index (χ3n) is 2.25. The van der Waals surface area contributed by atoms with Crippen LogP contribution in [0.1, 0.15) is 5.56 Å². The van der Waals surface area contributed by atoms with E-state index in [0.29, 0.717) is 13.0 Å². The quantitative estimate of drug-likeness (QED) is 0.629. The molecule has 1 rings (SSSR count). The lowest BCUT2D eigenvalue weighted by Gasteiger charge is -2.07. The fraction of sp³-hybridized carbons (Fsp3) is 0.364. The summed E-state index contributed by atoms with van der Waals surface area (Å²) in [5.74, 6) is -0.594. The first-order chi connectivity index (χ1) is 8.49. The molecular formula is C11H17N3O3S. The van der Waals surface area contributed by atoms with E-state index in [1.54, 1.807) is 19.2 Å². The van der Waals surface area contributed by atoms with Crippen LogP contribution in [0.25, 0.3) is 0 Å². The van der Waals surface area contributed by atoms with Crippen LogP contribution in [0.3, 0.4) is 0 Å². The minimum Gasteiger partial charge on any atom is -0.330 e. The van der Waals surface area contributed by atoms with Gasteiger partial charge in [0.25, 0.3) is 10.0 Å². The molecule has 0 aliphatic heterocycles. The highest BCUT2D eigenvalue weighted by Gasteiger charge is 2.16. The molecule has 0 aliphatic rings. The minimum absolute atomic E-state index is 0.0511. The number of likely N-dealkylation sites (N-methyl/N-ethyl adjacent to an activating group) is 1. The first-order valence-electron chi connectivity index (χ1n) is 5.49. The van der Waals surface area contributed by atoms with Gasteiger partial charge in [-0.15, -0.1) is 0 Å². The second-order valence-electron chi connectivity index (χ2n) is 3.74. The lowest BCUT2D eigenvalue weighted by Crippen LogP contribution is -2.36. The van der Waals surface area contributed by atoms with Crippen molar-refractivity contribution in [3.05, 3.63) is 29.8 Å². The molecule has 7 heteroatoms. The molecular weight excluding hydrogens is 254 g/mol. The number of sulfonamides is 1. The predicted molar refractivity (Wildman–Crippen MR) is 68.5 cm³/mol. The average Bonchev–Trinajstić information content (AvgIpc) is 2.29. The van der Waals surface area contributed by atoms with Crippen molar-refractivity contribution in [2.24, 2.45) is 5.73 Å². The SMILES string of the molecule is CNCC(=O)NS(=O)(=O)c1ccc(CCN)cc1. The van der Waals surface area contributed by atoms with Crippen LogP contribution in [-0.4, -0.2) is 34.5 Å². The van der Waals surface area contributed by atoms with Crippen molar-refractivity contribution in [3.63, 3.8) is 0 Å². The molecule has 6 nitrogen and oxygen atoms in total. The minimum atomic E-state index is -3.78. The van der Waals surface area contributed by atoms with E-state index in [1.165, 1.54) is 12.1 Å². The van der Waals surface area contributed by atoms with Gasteiger partial charge < -0.3 is 11.1 Å². The Balaban J connectivity index is 2.82. The molecule has 0 aliphatic carbocycles. The van der Waals surface area contributed by atoms with E-state index in [-0.39, 0.29) is 11.4 Å². The van der Waals surface area contributed by atoms with Gasteiger partial charge in [-0.3, -0.25) is 4.79 Å². The highest BCUT2D eigenvalue weighted by molar-refractivity contribution is 7.90. The normalized spacial score (nSPS) is 11.2. The Kier molecular flexibility index (Phi) is 5.26. The van der Waals surface area contributed by atoms with Crippen LogP contribution in [0.15, 0.2) is 29.2 Å². The first kappa shape index (κ1) is 14.6. The molecule has 0 fully saturated rings. The van der Waals surface area contributed by atoms with Gasteiger partial charge in [-0.1, -0.05) is 12.1 Å². The van der Waals surface area contributed by atoms with Crippen molar-refractivity contribution in [1.82, 2.24) is 10.0 Å². The molecule has 0 unspecified atom stereocenters. The van der Waals surface area contributed by atoms with Crippen LogP contribution in [0, 0.1) is 0 Å². The van der Waals surface area contributed by atoms with Crippen LogP contribution in [0.4, 0.5) is 0 Å². The van der Waals surface area contributed by atoms with Crippen LogP contribution in [0.2, 0.25) is 0 Å². The number of rotatable bonds is 6. The standard InChI is InChI=1S/C11H17N3O3S/c1-13-8-11(15)14-18(16,17)10-4-2-9(3-5-10)6-7-12/h2-5,13H,6-8,12H2,1H3,(H,14,15). The summed E-state index contributed by atoms with van der Waals surface area (Å²) >= 11 is 0. The molecule has 0 saturated heterocycles. The number of carbonyl (C=O) groups is 1. The summed E-state index contributed by atoms with van der Waals surface area (Å²) in [6.07, 6.45) is 0.687. The second kappa shape index (κ2) is 6.48. The number of hydrogen-bond acceptors (Lipinski definition) is 5. The molecule has 0 heterocycles. The van der Waals surface area contributed by atoms with Crippen molar-refractivity contribution >= 4 is 15.9 Å². The maximum Gasteiger partial charge on any atom is 0.264 e. The topological polar surface area (TPSA) is 101 Å². The fourth-order valence-corrected chi connectivity index (χ4v) is 2.39. The van der Waals surface area contributed by atoms with Crippen LogP contribution in [-0.2, 0) is 21.2 Å². The number of nitrogens with two attached hydrogens (primary N) is 1. The van der Waals surface area contributed by atoms with Gasteiger partial charge in [-0.25, -0.2) is 13.1 Å². The fourth-order valence-electron chi connectivity index (χ4n) is 1.41. The highest BCUT2D eigenvalue weighted by Crippen LogP contribution is 2.10. The smallest absolute Gasteiger partial charge is 0.264 e. The van der Waals surface area contributed by atoms with Gasteiger partial charge in [-0.05, 0) is 37.7 Å². The molecule has 1 aromatic rings. The van der Waals surface area contributed by atoms with Crippen LogP contribution < -0.4 is 15.8 Å². The van der Waals surface area contributed by atoms with Gasteiger partial charge in [0, 0.05) is 0 Å². The molecule has 0 atom stereocenters. The lowest BCUT2D eigenvalue weighted by molar-refractivity contribution is -0.118. The molecule has 1 amide bonds. The number of carbonyl (C=O) groups excluding carboxylic acids is 1. The van der Waals surface area contributed by atoms with Gasteiger partial charge >= 0.3 is 0 Å². The van der Waals surface area contributed by atoms with E-state index in [0.717, 1.165) is 5.56 Å². The Bertz CT molecular complexity index is 497. The zero-order chi connectivity index (χ0) is 13.6. The van der Waals surface area contributed by atoms with E-state index in [9.17, 15) is 13.2 Å². The molecule has 18 heavy (non-hydrogen) atoms. The summed E-state index contributed by atoms with van der Waals surface area (Å²) in [5, 5.41) is 2.58. The third kappa shape index (κ3) is 4.10. The summed E-state index contributed by atoms with van der Waals surface area (Å²) < 4.78 is 25.6. The number of benzene rings is 1. The van der Waals surface area contributed by atoms with E-state index in [4.69, 9.17) is 5.73 Å². The van der Waals surface area contributed by atoms with Crippen molar-refractivity contribution < 1.29 is 13.2 Å². The Morgan fingerprint density at radius 2 is 1.89 bits per heavy atom. The molecule has 0 spiro atoms. The van der Waals surface area contributed by atoms with Gasteiger partial charge in [0.15, 0.2) is 0 Å². The van der Waals surface area contributed by atoms with Gasteiger partial charge in [0.1, 0.15) is 0 Å². The maximum atomic E-state index is 11.8. The summed E-state index contributed by atoms with van der Waals surface area (Å²) in [5.41, 5.74) is 6.36. The van der Waals surface area contributed by atoms with Crippen LogP contribution in [0.5, 0.6) is 0 Å². The first-order valence-corrected chi connectivity index (χ1v) is 6.97.